The number of hydrogen-bond donors (Lipinski definition) is 3. The van der Waals surface area contributed by atoms with Gasteiger partial charge in [0, 0.05) is 23.6 Å². The van der Waals surface area contributed by atoms with Crippen LogP contribution in [0.5, 0.6) is 0 Å². The summed E-state index contributed by atoms with van der Waals surface area (Å²) in [5.74, 6) is -1.36. The Kier molecular flexibility index (Phi) is 4.10. The zero-order valence-corrected chi connectivity index (χ0v) is 11.8. The molecule has 0 amide bonds. The molecule has 7 heteroatoms. The van der Waals surface area contributed by atoms with Gasteiger partial charge < -0.3 is 10.1 Å². The number of H-pyrrole nitrogens is 1. The van der Waals surface area contributed by atoms with E-state index in [0.29, 0.717) is 6.42 Å². The minimum atomic E-state index is -3.83. The minimum Gasteiger partial charge on any atom is -0.480 e. The molecule has 2 aromatic rings. The number of carboxylic acids is 1. The van der Waals surface area contributed by atoms with Crippen LogP contribution in [0.2, 0.25) is 0 Å². The Morgan fingerprint density at radius 3 is 2.80 bits per heavy atom. The van der Waals surface area contributed by atoms with E-state index in [4.69, 9.17) is 5.11 Å². The van der Waals surface area contributed by atoms with Crippen molar-refractivity contribution in [1.82, 2.24) is 9.71 Å². The molecule has 108 valence electrons. The van der Waals surface area contributed by atoms with Gasteiger partial charge in [0.15, 0.2) is 5.25 Å². The molecule has 20 heavy (non-hydrogen) atoms. The predicted octanol–water partition coefficient (Wildman–Crippen LogP) is 1.10. The van der Waals surface area contributed by atoms with Crippen molar-refractivity contribution in [2.24, 2.45) is 0 Å². The van der Waals surface area contributed by atoms with Gasteiger partial charge in [-0.3, -0.25) is 4.79 Å². The summed E-state index contributed by atoms with van der Waals surface area (Å²) < 4.78 is 25.6. The molecular weight excluding hydrogens is 280 g/mol. The summed E-state index contributed by atoms with van der Waals surface area (Å²) in [4.78, 5) is 13.8. The molecule has 1 heterocycles. The minimum absolute atomic E-state index is 0.168. The van der Waals surface area contributed by atoms with E-state index in [0.717, 1.165) is 23.4 Å². The molecule has 1 unspecified atom stereocenters. The third kappa shape index (κ3) is 3.00. The molecule has 0 saturated heterocycles. The maximum atomic E-state index is 11.7. The van der Waals surface area contributed by atoms with Crippen molar-refractivity contribution >= 4 is 26.9 Å². The standard InChI is InChI=1S/C13H16N2O4S/c1-9(13(16)17)20(18,19)15-7-6-10-8-14-12-5-3-2-4-11(10)12/h2-5,8-9,14-15H,6-7H2,1H3,(H,16,17). The fourth-order valence-electron chi connectivity index (χ4n) is 1.92. The molecule has 3 N–H and O–H groups in total. The largest absolute Gasteiger partial charge is 0.480 e. The van der Waals surface area contributed by atoms with Gasteiger partial charge in [-0.25, -0.2) is 13.1 Å². The maximum Gasteiger partial charge on any atom is 0.323 e. The van der Waals surface area contributed by atoms with Gasteiger partial charge in [0.25, 0.3) is 0 Å². The maximum absolute atomic E-state index is 11.7. The number of sulfonamides is 1. The first-order chi connectivity index (χ1) is 9.42. The van der Waals surface area contributed by atoms with Gasteiger partial charge in [-0.15, -0.1) is 0 Å². The van der Waals surface area contributed by atoms with Crippen LogP contribution in [0.25, 0.3) is 10.9 Å². The molecule has 0 aliphatic rings. The number of benzene rings is 1. The highest BCUT2D eigenvalue weighted by Gasteiger charge is 2.26. The molecule has 0 aliphatic carbocycles. The lowest BCUT2D eigenvalue weighted by molar-refractivity contribution is -0.136. The SMILES string of the molecule is CC(C(=O)O)S(=O)(=O)NCCc1c[nH]c2ccccc12. The number of rotatable bonds is 6. The Balaban J connectivity index is 2.02. The second-order valence-corrected chi connectivity index (χ2v) is 6.62. The Bertz CT molecular complexity index is 721. The molecule has 1 aromatic carbocycles. The number of aliphatic carboxylic acids is 1. The van der Waals surface area contributed by atoms with Crippen molar-refractivity contribution in [3.63, 3.8) is 0 Å². The zero-order chi connectivity index (χ0) is 14.8. The van der Waals surface area contributed by atoms with Crippen LogP contribution in [0, 0.1) is 0 Å². The lowest BCUT2D eigenvalue weighted by Gasteiger charge is -2.09. The number of carbonyl (C=O) groups is 1. The van der Waals surface area contributed by atoms with Crippen LogP contribution in [0.15, 0.2) is 30.5 Å². The first kappa shape index (κ1) is 14.5. The van der Waals surface area contributed by atoms with Crippen molar-refractivity contribution in [1.29, 1.82) is 0 Å². The van der Waals surface area contributed by atoms with Gasteiger partial charge in [-0.2, -0.15) is 0 Å². The molecule has 0 saturated carbocycles. The number of carboxylic acid groups (broad SMARTS) is 1. The highest BCUT2D eigenvalue weighted by Crippen LogP contribution is 2.17. The van der Waals surface area contributed by atoms with E-state index in [1.807, 2.05) is 30.5 Å². The normalized spacial score (nSPS) is 13.4. The molecule has 6 nitrogen and oxygen atoms in total. The van der Waals surface area contributed by atoms with Crippen LogP contribution in [0.1, 0.15) is 12.5 Å². The molecule has 1 aromatic heterocycles. The van der Waals surface area contributed by atoms with Crippen molar-refractivity contribution < 1.29 is 18.3 Å². The summed E-state index contributed by atoms with van der Waals surface area (Å²) in [5, 5.41) is 8.30. The molecular formula is C13H16N2O4S. The molecule has 0 fully saturated rings. The molecule has 0 radical (unpaired) electrons. The van der Waals surface area contributed by atoms with Crippen molar-refractivity contribution in [2.45, 2.75) is 18.6 Å². The van der Waals surface area contributed by atoms with Crippen molar-refractivity contribution in [3.8, 4) is 0 Å². The highest BCUT2D eigenvalue weighted by atomic mass is 32.2. The third-order valence-electron chi connectivity index (χ3n) is 3.19. The quantitative estimate of drug-likeness (QED) is 0.743. The van der Waals surface area contributed by atoms with Gasteiger partial charge in [0.1, 0.15) is 0 Å². The number of aromatic nitrogens is 1. The van der Waals surface area contributed by atoms with Crippen LogP contribution in [-0.2, 0) is 21.2 Å². The van der Waals surface area contributed by atoms with Crippen LogP contribution in [0.3, 0.4) is 0 Å². The van der Waals surface area contributed by atoms with E-state index in [1.165, 1.54) is 0 Å². The van der Waals surface area contributed by atoms with Crippen LogP contribution < -0.4 is 4.72 Å². The molecule has 2 rings (SSSR count). The number of nitrogens with one attached hydrogen (secondary N) is 2. The number of para-hydroxylation sites is 1. The number of aromatic amines is 1. The highest BCUT2D eigenvalue weighted by molar-refractivity contribution is 7.90. The van der Waals surface area contributed by atoms with Gasteiger partial charge in [-0.05, 0) is 25.0 Å². The Morgan fingerprint density at radius 2 is 2.10 bits per heavy atom. The zero-order valence-electron chi connectivity index (χ0n) is 11.0. The lowest BCUT2D eigenvalue weighted by Crippen LogP contribution is -2.38. The van der Waals surface area contributed by atoms with E-state index < -0.39 is 21.2 Å². The summed E-state index contributed by atoms with van der Waals surface area (Å²) in [6, 6.07) is 7.72. The summed E-state index contributed by atoms with van der Waals surface area (Å²) in [6.07, 6.45) is 2.33. The lowest BCUT2D eigenvalue weighted by atomic mass is 10.1. The first-order valence-electron chi connectivity index (χ1n) is 6.18. The van der Waals surface area contributed by atoms with Crippen LogP contribution in [0.4, 0.5) is 0 Å². The van der Waals surface area contributed by atoms with E-state index in [9.17, 15) is 13.2 Å². The molecule has 0 spiro atoms. The second-order valence-electron chi connectivity index (χ2n) is 4.53. The van der Waals surface area contributed by atoms with E-state index in [1.54, 1.807) is 0 Å². The van der Waals surface area contributed by atoms with Crippen LogP contribution >= 0.6 is 0 Å². The number of fused-ring (bicyclic) bond motifs is 1. The summed E-state index contributed by atoms with van der Waals surface area (Å²) in [6.45, 7) is 1.32. The third-order valence-corrected chi connectivity index (χ3v) is 4.92. The van der Waals surface area contributed by atoms with Crippen LogP contribution in [-0.4, -0.2) is 36.3 Å². The van der Waals surface area contributed by atoms with Gasteiger partial charge in [0.2, 0.25) is 10.0 Å². The van der Waals surface area contributed by atoms with E-state index in [2.05, 4.69) is 9.71 Å². The van der Waals surface area contributed by atoms with E-state index >= 15 is 0 Å². The Hall–Kier alpha value is -1.86. The first-order valence-corrected chi connectivity index (χ1v) is 7.73. The molecule has 0 aliphatic heterocycles. The summed E-state index contributed by atoms with van der Waals surface area (Å²) in [5.41, 5.74) is 1.98. The predicted molar refractivity (Wildman–Crippen MR) is 76.0 cm³/mol. The summed E-state index contributed by atoms with van der Waals surface area (Å²) >= 11 is 0. The monoisotopic (exact) mass is 296 g/mol. The molecule has 1 atom stereocenters. The smallest absolute Gasteiger partial charge is 0.323 e. The van der Waals surface area contributed by atoms with Gasteiger partial charge in [-0.1, -0.05) is 18.2 Å². The topological polar surface area (TPSA) is 99.3 Å². The fraction of sp³-hybridized carbons (Fsp3) is 0.308. The Labute approximate surface area is 116 Å². The average Bonchev–Trinajstić information content (AvgIpc) is 2.81. The number of hydrogen-bond acceptors (Lipinski definition) is 3. The summed E-state index contributed by atoms with van der Waals surface area (Å²) in [7, 11) is -3.83. The van der Waals surface area contributed by atoms with Crippen molar-refractivity contribution in [3.05, 3.63) is 36.0 Å². The second kappa shape index (κ2) is 5.64. The van der Waals surface area contributed by atoms with Gasteiger partial charge >= 0.3 is 5.97 Å². The Morgan fingerprint density at radius 1 is 1.40 bits per heavy atom. The molecule has 0 bridgehead atoms. The van der Waals surface area contributed by atoms with Crippen molar-refractivity contribution in [2.75, 3.05) is 6.54 Å². The fourth-order valence-corrected chi connectivity index (χ4v) is 2.83. The average molecular weight is 296 g/mol. The van der Waals surface area contributed by atoms with E-state index in [-0.39, 0.29) is 6.54 Å². The van der Waals surface area contributed by atoms with Gasteiger partial charge in [0.05, 0.1) is 0 Å².